The highest BCUT2D eigenvalue weighted by Gasteiger charge is 2.80. The summed E-state index contributed by atoms with van der Waals surface area (Å²) in [6, 6.07) is 0. The summed E-state index contributed by atoms with van der Waals surface area (Å²) in [5.74, 6) is 3.94. The molecule has 0 aromatic rings. The minimum absolute atomic E-state index is 0.0622. The highest BCUT2D eigenvalue weighted by molar-refractivity contribution is 7.75. The summed E-state index contributed by atoms with van der Waals surface area (Å²) in [7, 11) is -9.99. The van der Waals surface area contributed by atoms with Gasteiger partial charge in [-0.05, 0) is 25.1 Å². The van der Waals surface area contributed by atoms with E-state index in [1.54, 1.807) is 0 Å². The van der Waals surface area contributed by atoms with Crippen molar-refractivity contribution in [3.8, 4) is 11.5 Å². The van der Waals surface area contributed by atoms with Crippen molar-refractivity contribution in [1.82, 2.24) is 0 Å². The summed E-state index contributed by atoms with van der Waals surface area (Å²) >= 11 is 0. The predicted octanol–water partition coefficient (Wildman–Crippen LogP) is 8.05. The van der Waals surface area contributed by atoms with Gasteiger partial charge in [0.25, 0.3) is 0 Å². The van der Waals surface area contributed by atoms with Gasteiger partial charge in [-0.3, -0.25) is 0 Å². The number of hydrogen-bond donors (Lipinski definition) is 0. The first-order valence-electron chi connectivity index (χ1n) is 12.2. The Hall–Kier alpha value is 0.561. The molecule has 0 bridgehead atoms. The van der Waals surface area contributed by atoms with Gasteiger partial charge in [0.1, 0.15) is 15.2 Å². The summed E-state index contributed by atoms with van der Waals surface area (Å²) in [5, 5.41) is -0.123. The molecule has 1 rings (SSSR count). The van der Waals surface area contributed by atoms with Crippen LogP contribution in [0.1, 0.15) is 20.8 Å². The van der Waals surface area contributed by atoms with Gasteiger partial charge in [-0.15, -0.1) is 5.54 Å². The maximum Gasteiger partial charge on any atom is 0.184 e. The molecule has 1 atom stereocenters. The molecule has 1 aliphatic rings. The van der Waals surface area contributed by atoms with Crippen LogP contribution < -0.4 is 0 Å². The Kier molecular flexibility index (Phi) is 7.69. The Morgan fingerprint density at radius 1 is 0.710 bits per heavy atom. The number of rotatable bonds is 5. The van der Waals surface area contributed by atoms with Gasteiger partial charge >= 0.3 is 0 Å². The van der Waals surface area contributed by atoms with Crippen molar-refractivity contribution in [1.29, 1.82) is 0 Å². The lowest BCUT2D eigenvalue weighted by atomic mass is 9.83. The normalized spacial score (nSPS) is 23.3. The fourth-order valence-corrected chi connectivity index (χ4v) is 80.4. The first-order chi connectivity index (χ1) is 13.2. The van der Waals surface area contributed by atoms with E-state index in [0.29, 0.717) is 0 Å². The molecule has 0 saturated carbocycles. The maximum atomic E-state index is 7.65. The fraction of sp³-hybridized carbons (Fsp3) is 0.833. The van der Waals surface area contributed by atoms with Gasteiger partial charge < -0.3 is 4.43 Å². The van der Waals surface area contributed by atoms with Crippen LogP contribution in [0.15, 0.2) is 10.4 Å². The average Bonchev–Trinajstić information content (AvgIpc) is 2.34. The molecule has 0 spiro atoms. The van der Waals surface area contributed by atoms with Gasteiger partial charge in [0.05, 0.1) is 13.3 Å². The predicted molar refractivity (Wildman–Crippen MR) is 161 cm³/mol. The second-order valence-corrected chi connectivity index (χ2v) is 57.3. The van der Waals surface area contributed by atoms with Gasteiger partial charge in [0.2, 0.25) is 0 Å². The van der Waals surface area contributed by atoms with E-state index < -0.39 is 46.8 Å². The molecule has 180 valence electrons. The van der Waals surface area contributed by atoms with E-state index in [4.69, 9.17) is 4.43 Å². The van der Waals surface area contributed by atoms with Crippen LogP contribution in [-0.2, 0) is 4.43 Å². The van der Waals surface area contributed by atoms with E-state index in [9.17, 15) is 0 Å². The molecule has 0 N–H and O–H groups in total. The molecular formula is C24H54OSi6. The van der Waals surface area contributed by atoms with E-state index in [1.165, 1.54) is 5.57 Å². The number of hydrogen-bond acceptors (Lipinski definition) is 1. The minimum atomic E-state index is -1.95. The fourth-order valence-electron chi connectivity index (χ4n) is 6.61. The Bertz CT molecular complexity index is 776. The lowest BCUT2D eigenvalue weighted by Gasteiger charge is -2.75. The summed E-state index contributed by atoms with van der Waals surface area (Å²) in [4.78, 5) is 1.93. The summed E-state index contributed by atoms with van der Waals surface area (Å²) < 4.78 is 7.65. The summed E-state index contributed by atoms with van der Waals surface area (Å²) in [6.45, 7) is 45.7. The summed E-state index contributed by atoms with van der Waals surface area (Å²) in [6.07, 6.45) is 0. The van der Waals surface area contributed by atoms with Crippen molar-refractivity contribution in [2.45, 2.75) is 124 Å². The zero-order chi connectivity index (χ0) is 25.3. The van der Waals surface area contributed by atoms with Crippen molar-refractivity contribution < 1.29 is 4.43 Å². The third kappa shape index (κ3) is 5.01. The van der Waals surface area contributed by atoms with Gasteiger partial charge in [0, 0.05) is 20.8 Å². The molecule has 0 fully saturated rings. The molecule has 0 saturated heterocycles. The van der Waals surface area contributed by atoms with Gasteiger partial charge in [-0.25, -0.2) is 0 Å². The topological polar surface area (TPSA) is 9.23 Å². The Balaban J connectivity index is 4.49. The van der Waals surface area contributed by atoms with E-state index in [0.717, 1.165) is 0 Å². The largest absolute Gasteiger partial charge is 0.410 e. The van der Waals surface area contributed by atoms with Crippen LogP contribution in [0.25, 0.3) is 0 Å². The molecule has 1 heterocycles. The van der Waals surface area contributed by atoms with Crippen molar-refractivity contribution in [3.05, 3.63) is 10.4 Å². The SMILES string of the molecule is CC(C)(C)[C@]1(O[Si](C)(C)C)C(C#C[Si](C)(C)C)=C([Si](C)(C)C)[Si]1([Si](C)(C)C)[Si](C)(C)C. The van der Waals surface area contributed by atoms with Crippen LogP contribution >= 0.6 is 0 Å². The lowest BCUT2D eigenvalue weighted by Crippen LogP contribution is -2.94. The standard InChI is InChI=1S/C24H54OSi6/c1-23(2,3)24(25-28(10,11)12)21(19-20-26(4,5)6)22(27(7,8)9)31(24,29(13,14)15)30(16,17)18/h1-18H3/t24-/m0/s1. The van der Waals surface area contributed by atoms with Crippen LogP contribution in [-0.4, -0.2) is 52.0 Å². The third-order valence-electron chi connectivity index (χ3n) is 6.58. The third-order valence-corrected chi connectivity index (χ3v) is 53.5. The molecule has 0 radical (unpaired) electrons. The van der Waals surface area contributed by atoms with Crippen LogP contribution in [0.5, 0.6) is 0 Å². The minimum Gasteiger partial charge on any atom is -0.410 e. The zero-order valence-electron chi connectivity index (χ0n) is 24.4. The van der Waals surface area contributed by atoms with Crippen LogP contribution in [0.2, 0.25) is 98.2 Å². The Morgan fingerprint density at radius 3 is 1.32 bits per heavy atom. The summed E-state index contributed by atoms with van der Waals surface area (Å²) in [5.41, 5.74) is 5.37. The van der Waals surface area contributed by atoms with Crippen LogP contribution in [0.3, 0.4) is 0 Å². The molecule has 7 heteroatoms. The van der Waals surface area contributed by atoms with Crippen molar-refractivity contribution in [3.63, 3.8) is 0 Å². The van der Waals surface area contributed by atoms with Crippen LogP contribution in [0.4, 0.5) is 0 Å². The molecule has 1 nitrogen and oxygen atoms in total. The molecule has 0 amide bonds. The van der Waals surface area contributed by atoms with E-state index in [-0.39, 0.29) is 10.6 Å². The Labute approximate surface area is 202 Å². The van der Waals surface area contributed by atoms with Gasteiger partial charge in [-0.2, -0.15) is 0 Å². The first-order valence-corrected chi connectivity index (χ1v) is 33.6. The van der Waals surface area contributed by atoms with E-state index >= 15 is 0 Å². The second kappa shape index (κ2) is 8.06. The highest BCUT2D eigenvalue weighted by atomic mass is 29.6. The van der Waals surface area contributed by atoms with Crippen molar-refractivity contribution in [2.75, 3.05) is 0 Å². The van der Waals surface area contributed by atoms with Gasteiger partial charge in [0.15, 0.2) is 8.32 Å². The zero-order valence-corrected chi connectivity index (χ0v) is 30.4. The Morgan fingerprint density at radius 2 is 1.10 bits per heavy atom. The lowest BCUT2D eigenvalue weighted by molar-refractivity contribution is 0.0594. The maximum absolute atomic E-state index is 7.65. The first kappa shape index (κ1) is 29.6. The van der Waals surface area contributed by atoms with Crippen LogP contribution in [0, 0.1) is 16.9 Å². The molecule has 0 aromatic carbocycles. The average molecular weight is 527 g/mol. The van der Waals surface area contributed by atoms with Gasteiger partial charge in [-0.1, -0.05) is 110 Å². The molecule has 0 unspecified atom stereocenters. The van der Waals surface area contributed by atoms with Crippen molar-refractivity contribution >= 4 is 46.8 Å². The van der Waals surface area contributed by atoms with E-state index in [1.807, 2.05) is 4.82 Å². The smallest absolute Gasteiger partial charge is 0.184 e. The molecule has 1 aliphatic heterocycles. The van der Waals surface area contributed by atoms with Crippen molar-refractivity contribution in [2.24, 2.45) is 5.41 Å². The second-order valence-electron chi connectivity index (χ2n) is 15.9. The van der Waals surface area contributed by atoms with E-state index in [2.05, 4.69) is 130 Å². The highest BCUT2D eigenvalue weighted by Crippen LogP contribution is 2.65. The molecule has 0 aromatic heterocycles. The monoisotopic (exact) mass is 526 g/mol. The molecular weight excluding hydrogens is 473 g/mol. The molecule has 0 aliphatic carbocycles. The molecule has 31 heavy (non-hydrogen) atoms. The quantitative estimate of drug-likeness (QED) is 0.260.